The van der Waals surface area contributed by atoms with E-state index in [0.717, 1.165) is 22.6 Å². The fourth-order valence-electron chi connectivity index (χ4n) is 4.03. The summed E-state index contributed by atoms with van der Waals surface area (Å²) in [6, 6.07) is 0. The van der Waals surface area contributed by atoms with Crippen molar-refractivity contribution in [3.8, 4) is 0 Å². The standard InChI is InChI=1S/C21H26N2O7S/c1-4-29-21(28)17-11(2)12(3)31-18(17)22-15(24)10-30-16(25)9-23-19(26)13-7-5-6-8-14(13)20(23)27/h13-14H,4-10H2,1-3H3,(H,22,24)/t13-,14-/m1/s1. The van der Waals surface area contributed by atoms with Crippen molar-refractivity contribution in [2.45, 2.75) is 46.5 Å². The Morgan fingerprint density at radius 1 is 1.06 bits per heavy atom. The Morgan fingerprint density at radius 3 is 2.26 bits per heavy atom. The number of aryl methyl sites for hydroxylation is 1. The minimum absolute atomic E-state index is 0.202. The van der Waals surface area contributed by atoms with Crippen LogP contribution >= 0.6 is 11.3 Å². The summed E-state index contributed by atoms with van der Waals surface area (Å²) in [5, 5.41) is 2.90. The smallest absolute Gasteiger partial charge is 0.341 e. The number of ether oxygens (including phenoxy) is 2. The van der Waals surface area contributed by atoms with Crippen LogP contribution in [0.2, 0.25) is 0 Å². The summed E-state index contributed by atoms with van der Waals surface area (Å²) < 4.78 is 10.0. The largest absolute Gasteiger partial charge is 0.462 e. The SMILES string of the molecule is CCOC(=O)c1c(NC(=O)COC(=O)CN2C(=O)[C@@H]3CCCC[C@H]3C2=O)sc(C)c1C. The monoisotopic (exact) mass is 450 g/mol. The molecule has 0 unspecified atom stereocenters. The number of anilines is 1. The van der Waals surface area contributed by atoms with Gasteiger partial charge in [0, 0.05) is 4.88 Å². The highest BCUT2D eigenvalue weighted by molar-refractivity contribution is 7.16. The van der Waals surface area contributed by atoms with Crippen LogP contribution in [-0.4, -0.2) is 54.3 Å². The van der Waals surface area contributed by atoms with Crippen molar-refractivity contribution in [1.29, 1.82) is 0 Å². The molecule has 2 heterocycles. The fourth-order valence-corrected chi connectivity index (χ4v) is 5.10. The van der Waals surface area contributed by atoms with E-state index in [9.17, 15) is 24.0 Å². The molecule has 2 atom stereocenters. The van der Waals surface area contributed by atoms with Gasteiger partial charge in [-0.05, 0) is 39.2 Å². The number of carbonyl (C=O) groups is 5. The molecule has 3 rings (SSSR count). The second kappa shape index (κ2) is 9.59. The van der Waals surface area contributed by atoms with E-state index in [1.807, 2.05) is 6.92 Å². The predicted octanol–water partition coefficient (Wildman–Crippen LogP) is 2.20. The normalized spacial score (nSPS) is 20.4. The van der Waals surface area contributed by atoms with Gasteiger partial charge in [-0.1, -0.05) is 12.8 Å². The summed E-state index contributed by atoms with van der Waals surface area (Å²) in [6.07, 6.45) is 3.11. The zero-order chi connectivity index (χ0) is 22.7. The van der Waals surface area contributed by atoms with Gasteiger partial charge in [0.1, 0.15) is 11.5 Å². The zero-order valence-corrected chi connectivity index (χ0v) is 18.6. The van der Waals surface area contributed by atoms with E-state index in [0.29, 0.717) is 23.4 Å². The van der Waals surface area contributed by atoms with Crippen LogP contribution in [0.5, 0.6) is 0 Å². The summed E-state index contributed by atoms with van der Waals surface area (Å²) >= 11 is 1.23. The first-order valence-corrected chi connectivity index (χ1v) is 11.1. The molecule has 1 saturated carbocycles. The van der Waals surface area contributed by atoms with Crippen molar-refractivity contribution in [1.82, 2.24) is 4.90 Å². The second-order valence-electron chi connectivity index (χ2n) is 7.68. The fraction of sp³-hybridized carbons (Fsp3) is 0.571. The van der Waals surface area contributed by atoms with E-state index >= 15 is 0 Å². The number of esters is 2. The number of likely N-dealkylation sites (tertiary alicyclic amines) is 1. The van der Waals surface area contributed by atoms with Crippen LogP contribution in [0.1, 0.15) is 53.4 Å². The Hall–Kier alpha value is -2.75. The molecule has 3 amide bonds. The van der Waals surface area contributed by atoms with E-state index < -0.39 is 31.0 Å². The maximum Gasteiger partial charge on any atom is 0.341 e. The van der Waals surface area contributed by atoms with Crippen molar-refractivity contribution >= 4 is 46.0 Å². The van der Waals surface area contributed by atoms with Crippen molar-refractivity contribution in [3.63, 3.8) is 0 Å². The molecular formula is C21H26N2O7S. The lowest BCUT2D eigenvalue weighted by Crippen LogP contribution is -2.37. The minimum Gasteiger partial charge on any atom is -0.462 e. The highest BCUT2D eigenvalue weighted by Gasteiger charge is 2.48. The summed E-state index contributed by atoms with van der Waals surface area (Å²) in [5.74, 6) is -3.36. The summed E-state index contributed by atoms with van der Waals surface area (Å²) in [7, 11) is 0. The lowest BCUT2D eigenvalue weighted by Gasteiger charge is -2.19. The summed E-state index contributed by atoms with van der Waals surface area (Å²) in [4.78, 5) is 63.3. The van der Waals surface area contributed by atoms with Gasteiger partial charge in [-0.25, -0.2) is 4.79 Å². The second-order valence-corrected chi connectivity index (χ2v) is 8.90. The van der Waals surface area contributed by atoms with Crippen LogP contribution in [-0.2, 0) is 28.7 Å². The number of hydrogen-bond acceptors (Lipinski definition) is 8. The topological polar surface area (TPSA) is 119 Å². The van der Waals surface area contributed by atoms with Crippen LogP contribution in [0.4, 0.5) is 5.00 Å². The van der Waals surface area contributed by atoms with Gasteiger partial charge in [-0.15, -0.1) is 11.3 Å². The Bertz CT molecular complexity index is 899. The highest BCUT2D eigenvalue weighted by atomic mass is 32.1. The van der Waals surface area contributed by atoms with Crippen molar-refractivity contribution in [2.75, 3.05) is 25.1 Å². The third kappa shape index (κ3) is 4.79. The van der Waals surface area contributed by atoms with E-state index in [1.54, 1.807) is 13.8 Å². The summed E-state index contributed by atoms with van der Waals surface area (Å²) in [6.45, 7) is 4.38. The Kier molecular flexibility index (Phi) is 7.09. The molecule has 1 saturated heterocycles. The molecule has 0 spiro atoms. The quantitative estimate of drug-likeness (QED) is 0.500. The molecule has 0 aromatic carbocycles. The van der Waals surface area contributed by atoms with Crippen LogP contribution in [0.3, 0.4) is 0 Å². The third-order valence-electron chi connectivity index (χ3n) is 5.70. The van der Waals surface area contributed by atoms with Gasteiger partial charge in [0.15, 0.2) is 6.61 Å². The molecule has 2 fully saturated rings. The van der Waals surface area contributed by atoms with Crippen LogP contribution in [0.25, 0.3) is 0 Å². The Morgan fingerprint density at radius 2 is 1.68 bits per heavy atom. The molecule has 168 valence electrons. The van der Waals surface area contributed by atoms with Crippen molar-refractivity contribution < 1.29 is 33.4 Å². The van der Waals surface area contributed by atoms with Gasteiger partial charge in [0.05, 0.1) is 24.0 Å². The van der Waals surface area contributed by atoms with Crippen LogP contribution in [0.15, 0.2) is 0 Å². The molecular weight excluding hydrogens is 424 g/mol. The minimum atomic E-state index is -0.834. The van der Waals surface area contributed by atoms with E-state index in [4.69, 9.17) is 9.47 Å². The van der Waals surface area contributed by atoms with Gasteiger partial charge in [-0.2, -0.15) is 0 Å². The number of carbonyl (C=O) groups excluding carboxylic acids is 5. The van der Waals surface area contributed by atoms with E-state index in [-0.39, 0.29) is 35.8 Å². The molecule has 31 heavy (non-hydrogen) atoms. The molecule has 1 aromatic heterocycles. The van der Waals surface area contributed by atoms with Gasteiger partial charge in [0.25, 0.3) is 5.91 Å². The molecule has 1 N–H and O–H groups in total. The van der Waals surface area contributed by atoms with Crippen LogP contribution < -0.4 is 5.32 Å². The molecule has 10 heteroatoms. The van der Waals surface area contributed by atoms with Gasteiger partial charge in [-0.3, -0.25) is 24.1 Å². The average Bonchev–Trinajstić information content (AvgIpc) is 3.14. The predicted molar refractivity (Wildman–Crippen MR) is 112 cm³/mol. The number of nitrogens with one attached hydrogen (secondary N) is 1. The van der Waals surface area contributed by atoms with Gasteiger partial charge >= 0.3 is 11.9 Å². The molecule has 9 nitrogen and oxygen atoms in total. The lowest BCUT2D eigenvalue weighted by atomic mass is 9.81. The number of thiophene rings is 1. The zero-order valence-electron chi connectivity index (χ0n) is 17.8. The van der Waals surface area contributed by atoms with Crippen LogP contribution in [0, 0.1) is 25.7 Å². The Balaban J connectivity index is 1.55. The number of hydrogen-bond donors (Lipinski definition) is 1. The van der Waals surface area contributed by atoms with E-state index in [2.05, 4.69) is 5.32 Å². The average molecular weight is 451 g/mol. The molecule has 1 aromatic rings. The van der Waals surface area contributed by atoms with Crippen molar-refractivity contribution in [3.05, 3.63) is 16.0 Å². The number of rotatable bonds is 7. The first-order chi connectivity index (χ1) is 14.7. The Labute approximate surface area is 184 Å². The molecule has 1 aliphatic carbocycles. The van der Waals surface area contributed by atoms with E-state index in [1.165, 1.54) is 11.3 Å². The molecule has 2 aliphatic rings. The lowest BCUT2D eigenvalue weighted by molar-refractivity contribution is -0.154. The first-order valence-electron chi connectivity index (χ1n) is 10.3. The maximum absolute atomic E-state index is 12.4. The number of fused-ring (bicyclic) bond motifs is 1. The number of imide groups is 1. The van der Waals surface area contributed by atoms with Gasteiger partial charge in [0.2, 0.25) is 11.8 Å². The number of nitrogens with zero attached hydrogens (tertiary/aromatic N) is 1. The molecule has 0 bridgehead atoms. The highest BCUT2D eigenvalue weighted by Crippen LogP contribution is 2.38. The first kappa shape index (κ1) is 22.9. The summed E-state index contributed by atoms with van der Waals surface area (Å²) in [5.41, 5.74) is 0.989. The molecule has 0 radical (unpaired) electrons. The van der Waals surface area contributed by atoms with Crippen molar-refractivity contribution in [2.24, 2.45) is 11.8 Å². The number of amides is 3. The maximum atomic E-state index is 12.4. The third-order valence-corrected chi connectivity index (χ3v) is 6.82. The molecule has 1 aliphatic heterocycles. The van der Waals surface area contributed by atoms with Gasteiger partial charge < -0.3 is 14.8 Å².